The molecule has 0 N–H and O–H groups in total. The van der Waals surface area contributed by atoms with E-state index in [1.54, 1.807) is 18.2 Å². The summed E-state index contributed by atoms with van der Waals surface area (Å²) >= 11 is 0. The molecule has 2 aromatic carbocycles. The molecule has 3 aliphatic rings. The summed E-state index contributed by atoms with van der Waals surface area (Å²) in [6.07, 6.45) is 2.67. The highest BCUT2D eigenvalue weighted by atomic mass is 19.1. The zero-order valence-corrected chi connectivity index (χ0v) is 18.9. The summed E-state index contributed by atoms with van der Waals surface area (Å²) in [5.41, 5.74) is 3.36. The Hall–Kier alpha value is -2.47. The lowest BCUT2D eigenvalue weighted by molar-refractivity contribution is -0.124. The number of nitrogens with zero attached hydrogens (tertiary/aromatic N) is 3. The van der Waals surface area contributed by atoms with Crippen LogP contribution < -0.4 is 0 Å². The Bertz CT molecular complexity index is 999. The van der Waals surface area contributed by atoms with Gasteiger partial charge in [0.05, 0.1) is 0 Å². The predicted octanol–water partition coefficient (Wildman–Crippen LogP) is 4.99. The van der Waals surface area contributed by atoms with Crippen LogP contribution in [0.25, 0.3) is 0 Å². The molecule has 2 amide bonds. The molecule has 0 bridgehead atoms. The van der Waals surface area contributed by atoms with Gasteiger partial charge >= 0.3 is 6.03 Å². The molecule has 1 atom stereocenters. The molecule has 6 heteroatoms. The van der Waals surface area contributed by atoms with E-state index in [0.29, 0.717) is 19.1 Å². The number of fused-ring (bicyclic) bond motifs is 1. The quantitative estimate of drug-likeness (QED) is 0.659. The second-order valence-corrected chi connectivity index (χ2v) is 9.94. The topological polar surface area (TPSA) is 26.8 Å². The molecule has 32 heavy (non-hydrogen) atoms. The molecule has 0 aromatic heterocycles. The molecule has 3 aliphatic heterocycles. The van der Waals surface area contributed by atoms with Gasteiger partial charge in [0.25, 0.3) is 0 Å². The average molecular weight is 440 g/mol. The maximum Gasteiger partial charge on any atom is 0.320 e. The van der Waals surface area contributed by atoms with Gasteiger partial charge in [-0.2, -0.15) is 0 Å². The number of hydrogen-bond donors (Lipinski definition) is 0. The lowest BCUT2D eigenvalue weighted by Gasteiger charge is -2.62. The molecule has 170 valence electrons. The van der Waals surface area contributed by atoms with Crippen LogP contribution >= 0.6 is 0 Å². The number of carbonyl (C=O) groups is 1. The van der Waals surface area contributed by atoms with Crippen LogP contribution in [0.15, 0.2) is 42.5 Å². The third-order valence-electron chi connectivity index (χ3n) is 7.74. The van der Waals surface area contributed by atoms with E-state index in [2.05, 4.69) is 18.7 Å². The molecule has 1 spiro atoms. The van der Waals surface area contributed by atoms with Crippen molar-refractivity contribution in [1.82, 2.24) is 14.7 Å². The molecule has 2 aromatic rings. The van der Waals surface area contributed by atoms with Crippen molar-refractivity contribution < 1.29 is 13.6 Å². The summed E-state index contributed by atoms with van der Waals surface area (Å²) in [6.45, 7) is 8.05. The lowest BCUT2D eigenvalue weighted by atomic mass is 9.62. The Morgan fingerprint density at radius 3 is 2.31 bits per heavy atom. The molecule has 4 nitrogen and oxygen atoms in total. The Morgan fingerprint density at radius 1 is 0.938 bits per heavy atom. The molecule has 2 saturated heterocycles. The number of benzene rings is 2. The predicted molar refractivity (Wildman–Crippen MR) is 120 cm³/mol. The number of hydrogen-bond acceptors (Lipinski definition) is 2. The maximum atomic E-state index is 13.7. The highest BCUT2D eigenvalue weighted by molar-refractivity contribution is 5.75. The number of urea groups is 1. The maximum absolute atomic E-state index is 13.7. The van der Waals surface area contributed by atoms with Crippen molar-refractivity contribution in [2.75, 3.05) is 26.2 Å². The Morgan fingerprint density at radius 2 is 1.62 bits per heavy atom. The zero-order chi connectivity index (χ0) is 22.5. The minimum absolute atomic E-state index is 0.0631. The molecule has 1 unspecified atom stereocenters. The minimum Gasteiger partial charge on any atom is -0.325 e. The Kier molecular flexibility index (Phi) is 5.44. The molecule has 0 saturated carbocycles. The van der Waals surface area contributed by atoms with Gasteiger partial charge in [-0.1, -0.05) is 18.2 Å². The number of halogens is 2. The van der Waals surface area contributed by atoms with Crippen LogP contribution in [0.1, 0.15) is 49.4 Å². The first-order chi connectivity index (χ1) is 15.4. The van der Waals surface area contributed by atoms with Crippen molar-refractivity contribution in [3.63, 3.8) is 0 Å². The van der Waals surface area contributed by atoms with Crippen LogP contribution in [0, 0.1) is 17.0 Å². The number of carbonyl (C=O) groups excluding carboxylic acids is 1. The average Bonchev–Trinajstić information content (AvgIpc) is 2.78. The summed E-state index contributed by atoms with van der Waals surface area (Å²) in [4.78, 5) is 19.5. The molecule has 0 radical (unpaired) electrons. The van der Waals surface area contributed by atoms with Gasteiger partial charge in [-0.05, 0) is 74.1 Å². The number of piperidine rings is 1. The lowest BCUT2D eigenvalue weighted by Crippen LogP contribution is -2.64. The summed E-state index contributed by atoms with van der Waals surface area (Å²) in [7, 11) is 0. The van der Waals surface area contributed by atoms with Crippen molar-refractivity contribution in [3.05, 3.63) is 70.8 Å². The fraction of sp³-hybridized carbons (Fsp3) is 0.500. The molecule has 5 rings (SSSR count). The minimum atomic E-state index is -0.246. The normalized spacial score (nSPS) is 22.7. The van der Waals surface area contributed by atoms with E-state index in [9.17, 15) is 13.6 Å². The van der Waals surface area contributed by atoms with E-state index in [-0.39, 0.29) is 29.1 Å². The smallest absolute Gasteiger partial charge is 0.320 e. The van der Waals surface area contributed by atoms with Gasteiger partial charge in [0.1, 0.15) is 11.6 Å². The summed E-state index contributed by atoms with van der Waals surface area (Å²) < 4.78 is 27.2. The first kappa shape index (κ1) is 21.4. The fourth-order valence-corrected chi connectivity index (χ4v) is 5.92. The largest absolute Gasteiger partial charge is 0.325 e. The van der Waals surface area contributed by atoms with E-state index in [1.807, 2.05) is 28.0 Å². The van der Waals surface area contributed by atoms with Crippen molar-refractivity contribution in [2.24, 2.45) is 5.41 Å². The third-order valence-corrected chi connectivity index (χ3v) is 7.74. The van der Waals surface area contributed by atoms with Crippen LogP contribution in [-0.4, -0.2) is 53.0 Å². The fourth-order valence-electron chi connectivity index (χ4n) is 5.92. The van der Waals surface area contributed by atoms with Crippen molar-refractivity contribution in [1.29, 1.82) is 0 Å². The van der Waals surface area contributed by atoms with E-state index in [1.165, 1.54) is 11.6 Å². The van der Waals surface area contributed by atoms with Crippen molar-refractivity contribution in [2.45, 2.75) is 51.7 Å². The van der Waals surface area contributed by atoms with E-state index in [0.717, 1.165) is 50.0 Å². The molecule has 2 fully saturated rings. The number of amides is 2. The standard InChI is InChI=1S/C26H31F2N3O/c1-18(2)31-17-26(24(31)20-4-6-22(27)7-5-20)10-13-29(14-11-26)25(32)30-12-9-19-3-8-23(28)15-21(19)16-30/h3-8,15,18,24H,9-14,16-17H2,1-2H3. The Balaban J connectivity index is 1.27. The second-order valence-electron chi connectivity index (χ2n) is 9.94. The van der Waals surface area contributed by atoms with Gasteiger partial charge in [-0.3, -0.25) is 4.90 Å². The van der Waals surface area contributed by atoms with E-state index >= 15 is 0 Å². The van der Waals surface area contributed by atoms with Gasteiger partial charge in [-0.25, -0.2) is 13.6 Å². The Labute approximate surface area is 188 Å². The summed E-state index contributed by atoms with van der Waals surface area (Å²) in [6, 6.07) is 12.6. The van der Waals surface area contributed by atoms with Crippen LogP contribution in [0.5, 0.6) is 0 Å². The first-order valence-corrected chi connectivity index (χ1v) is 11.7. The van der Waals surface area contributed by atoms with Crippen LogP contribution in [0.2, 0.25) is 0 Å². The van der Waals surface area contributed by atoms with Crippen LogP contribution in [0.4, 0.5) is 13.6 Å². The highest BCUT2D eigenvalue weighted by Gasteiger charge is 2.55. The zero-order valence-electron chi connectivity index (χ0n) is 18.9. The van der Waals surface area contributed by atoms with Gasteiger partial charge in [-0.15, -0.1) is 0 Å². The van der Waals surface area contributed by atoms with Crippen LogP contribution in [-0.2, 0) is 13.0 Å². The highest BCUT2D eigenvalue weighted by Crippen LogP contribution is 2.55. The number of rotatable bonds is 2. The molecule has 0 aliphatic carbocycles. The van der Waals surface area contributed by atoms with E-state index in [4.69, 9.17) is 0 Å². The summed E-state index contributed by atoms with van der Waals surface area (Å²) in [5, 5.41) is 0. The van der Waals surface area contributed by atoms with Gasteiger partial charge in [0, 0.05) is 50.2 Å². The molecule has 3 heterocycles. The van der Waals surface area contributed by atoms with Gasteiger partial charge in [0.2, 0.25) is 0 Å². The van der Waals surface area contributed by atoms with Gasteiger partial charge in [0.15, 0.2) is 0 Å². The monoisotopic (exact) mass is 439 g/mol. The summed E-state index contributed by atoms with van der Waals surface area (Å²) in [5.74, 6) is -0.453. The van der Waals surface area contributed by atoms with Crippen molar-refractivity contribution >= 4 is 6.03 Å². The SMILES string of the molecule is CC(C)N1CC2(CCN(C(=O)N3CCc4ccc(F)cc4C3)CC2)C1c1ccc(F)cc1. The van der Waals surface area contributed by atoms with E-state index < -0.39 is 0 Å². The molecular weight excluding hydrogens is 408 g/mol. The van der Waals surface area contributed by atoms with Gasteiger partial charge < -0.3 is 9.80 Å². The first-order valence-electron chi connectivity index (χ1n) is 11.7. The number of likely N-dealkylation sites (tertiary alicyclic amines) is 2. The third kappa shape index (κ3) is 3.68. The van der Waals surface area contributed by atoms with Crippen molar-refractivity contribution in [3.8, 4) is 0 Å². The molecular formula is C26H31F2N3O. The van der Waals surface area contributed by atoms with Crippen LogP contribution in [0.3, 0.4) is 0 Å². The second kappa shape index (κ2) is 8.14.